The van der Waals surface area contributed by atoms with Gasteiger partial charge in [0.05, 0.1) is 18.5 Å². The van der Waals surface area contributed by atoms with Gasteiger partial charge in [0.25, 0.3) is 0 Å². The Labute approximate surface area is 206 Å². The zero-order chi connectivity index (χ0) is 25.6. The summed E-state index contributed by atoms with van der Waals surface area (Å²) in [5, 5.41) is 15.5. The molecule has 1 aliphatic rings. The lowest BCUT2D eigenvalue weighted by molar-refractivity contribution is -0.139. The summed E-state index contributed by atoms with van der Waals surface area (Å²) in [6.07, 6.45) is 2.88. The van der Waals surface area contributed by atoms with Gasteiger partial charge in [-0.3, -0.25) is 14.9 Å². The molecule has 2 heterocycles. The van der Waals surface area contributed by atoms with E-state index in [4.69, 9.17) is 9.72 Å². The van der Waals surface area contributed by atoms with E-state index in [0.717, 1.165) is 6.04 Å². The number of benzene rings is 1. The number of carbonyl (C=O) groups excluding carboxylic acids is 2. The standard InChI is InChI=1S/C24H34N4O6Si/c1-33-24(32)25-16-9-10-17-19(13-16)26-21(29)8-6-5-7-18(23(30)31)22-27-20(17)14-28(22)15-34-11-12-35(2,3)4/h9-10,13-14,18H,5-8,11-12,15H2,1-4H3,(H,25,32)(H,26,29)(H,30,31). The Bertz CT molecular complexity index is 1080. The second kappa shape index (κ2) is 11.5. The highest BCUT2D eigenvalue weighted by Gasteiger charge is 2.27. The van der Waals surface area contributed by atoms with Gasteiger partial charge in [-0.2, -0.15) is 0 Å². The smallest absolute Gasteiger partial charge is 0.411 e. The van der Waals surface area contributed by atoms with Crippen molar-refractivity contribution in [3.63, 3.8) is 0 Å². The van der Waals surface area contributed by atoms with Crippen LogP contribution in [0.1, 0.15) is 37.4 Å². The van der Waals surface area contributed by atoms with E-state index in [-0.39, 0.29) is 19.1 Å². The summed E-state index contributed by atoms with van der Waals surface area (Å²) in [6.45, 7) is 7.60. The monoisotopic (exact) mass is 502 g/mol. The Morgan fingerprint density at radius 3 is 2.74 bits per heavy atom. The van der Waals surface area contributed by atoms with Crippen molar-refractivity contribution in [2.45, 2.75) is 64.0 Å². The fraction of sp³-hybridized carbons (Fsp3) is 0.500. The number of carbonyl (C=O) groups is 3. The van der Waals surface area contributed by atoms with Crippen LogP contribution in [0.25, 0.3) is 11.3 Å². The third-order valence-electron chi connectivity index (χ3n) is 5.79. The maximum Gasteiger partial charge on any atom is 0.411 e. The van der Waals surface area contributed by atoms with E-state index >= 15 is 0 Å². The van der Waals surface area contributed by atoms with E-state index in [1.165, 1.54) is 7.11 Å². The van der Waals surface area contributed by atoms with Crippen LogP contribution in [0.4, 0.5) is 16.2 Å². The number of rotatable bonds is 7. The molecule has 3 N–H and O–H groups in total. The fourth-order valence-electron chi connectivity index (χ4n) is 3.81. The average molecular weight is 503 g/mol. The Morgan fingerprint density at radius 1 is 1.29 bits per heavy atom. The van der Waals surface area contributed by atoms with E-state index in [9.17, 15) is 19.5 Å². The molecule has 1 aromatic carbocycles. The van der Waals surface area contributed by atoms with Crippen LogP contribution >= 0.6 is 0 Å². The molecule has 3 rings (SSSR count). The summed E-state index contributed by atoms with van der Waals surface area (Å²) < 4.78 is 12.3. The number of carboxylic acids is 1. The Kier molecular flexibility index (Phi) is 8.68. The molecule has 0 saturated heterocycles. The van der Waals surface area contributed by atoms with Crippen molar-refractivity contribution in [1.82, 2.24) is 9.55 Å². The summed E-state index contributed by atoms with van der Waals surface area (Å²) in [5.41, 5.74) is 2.04. The average Bonchev–Trinajstić information content (AvgIpc) is 3.18. The normalized spacial score (nSPS) is 16.3. The quantitative estimate of drug-likeness (QED) is 0.369. The summed E-state index contributed by atoms with van der Waals surface area (Å²) in [7, 11) is -0.00131. The number of ether oxygens (including phenoxy) is 2. The highest BCUT2D eigenvalue weighted by atomic mass is 28.3. The molecule has 190 valence electrons. The van der Waals surface area contributed by atoms with E-state index < -0.39 is 26.1 Å². The summed E-state index contributed by atoms with van der Waals surface area (Å²) >= 11 is 0. The lowest BCUT2D eigenvalue weighted by atomic mass is 10.00. The van der Waals surface area contributed by atoms with E-state index in [1.54, 1.807) is 29.0 Å². The number of nitrogens with one attached hydrogen (secondary N) is 2. The second-order valence-corrected chi connectivity index (χ2v) is 15.5. The Hall–Kier alpha value is -3.18. The van der Waals surface area contributed by atoms with E-state index in [1.807, 2.05) is 0 Å². The maximum absolute atomic E-state index is 12.6. The van der Waals surface area contributed by atoms with Crippen LogP contribution in [-0.2, 0) is 25.8 Å². The largest absolute Gasteiger partial charge is 0.481 e. The zero-order valence-electron chi connectivity index (χ0n) is 20.7. The first-order valence-corrected chi connectivity index (χ1v) is 15.4. The van der Waals surface area contributed by atoms with Crippen molar-refractivity contribution in [1.29, 1.82) is 0 Å². The molecule has 35 heavy (non-hydrogen) atoms. The van der Waals surface area contributed by atoms with Gasteiger partial charge in [-0.25, -0.2) is 9.78 Å². The topological polar surface area (TPSA) is 132 Å². The van der Waals surface area contributed by atoms with Crippen LogP contribution in [-0.4, -0.2) is 54.4 Å². The van der Waals surface area contributed by atoms with E-state index in [0.29, 0.717) is 54.3 Å². The van der Waals surface area contributed by atoms with Gasteiger partial charge < -0.3 is 24.5 Å². The Morgan fingerprint density at radius 2 is 2.06 bits per heavy atom. The summed E-state index contributed by atoms with van der Waals surface area (Å²) in [6, 6.07) is 6.03. The molecular formula is C24H34N4O6Si. The second-order valence-electron chi connectivity index (χ2n) is 9.86. The molecule has 0 aliphatic carbocycles. The first-order valence-electron chi connectivity index (χ1n) is 11.7. The molecule has 2 aromatic rings. The number of carboxylic acid groups (broad SMARTS) is 1. The van der Waals surface area contributed by atoms with E-state index in [2.05, 4.69) is 35.0 Å². The number of hydrogen-bond acceptors (Lipinski definition) is 6. The molecule has 1 atom stereocenters. The first-order chi connectivity index (χ1) is 16.6. The molecule has 0 fully saturated rings. The van der Waals surface area contributed by atoms with Crippen LogP contribution < -0.4 is 10.6 Å². The van der Waals surface area contributed by atoms with Gasteiger partial charge in [-0.05, 0) is 37.1 Å². The van der Waals surface area contributed by atoms with Crippen LogP contribution in [0.2, 0.25) is 25.7 Å². The summed E-state index contributed by atoms with van der Waals surface area (Å²) in [4.78, 5) is 41.1. The van der Waals surface area contributed by atoms with Gasteiger partial charge in [0.15, 0.2) is 0 Å². The van der Waals surface area contributed by atoms with Crippen LogP contribution in [0, 0.1) is 0 Å². The van der Waals surface area contributed by atoms with Crippen molar-refractivity contribution < 1.29 is 29.0 Å². The van der Waals surface area contributed by atoms with Gasteiger partial charge in [0, 0.05) is 38.5 Å². The van der Waals surface area contributed by atoms with Crippen molar-refractivity contribution in [2.24, 2.45) is 0 Å². The molecule has 1 aromatic heterocycles. The highest BCUT2D eigenvalue weighted by Crippen LogP contribution is 2.34. The fourth-order valence-corrected chi connectivity index (χ4v) is 4.57. The van der Waals surface area contributed by atoms with Gasteiger partial charge in [-0.1, -0.05) is 26.1 Å². The highest BCUT2D eigenvalue weighted by molar-refractivity contribution is 6.76. The van der Waals surface area contributed by atoms with Crippen molar-refractivity contribution >= 4 is 37.4 Å². The van der Waals surface area contributed by atoms with Crippen molar-refractivity contribution in [2.75, 3.05) is 24.4 Å². The van der Waals surface area contributed by atoms with Crippen molar-refractivity contribution in [3.8, 4) is 11.3 Å². The number of hydrogen-bond donors (Lipinski definition) is 3. The third-order valence-corrected chi connectivity index (χ3v) is 7.50. The minimum absolute atomic E-state index is 0.191. The van der Waals surface area contributed by atoms with Crippen LogP contribution in [0.5, 0.6) is 0 Å². The molecule has 0 saturated carbocycles. The minimum atomic E-state index is -1.27. The molecule has 2 amide bonds. The first kappa shape index (κ1) is 26.4. The van der Waals surface area contributed by atoms with Crippen molar-refractivity contribution in [3.05, 3.63) is 30.2 Å². The predicted molar refractivity (Wildman–Crippen MR) is 135 cm³/mol. The molecular weight excluding hydrogens is 468 g/mol. The lowest BCUT2D eigenvalue weighted by Gasteiger charge is -2.17. The lowest BCUT2D eigenvalue weighted by Crippen LogP contribution is -2.23. The third kappa shape index (κ3) is 7.40. The van der Waals surface area contributed by atoms with Crippen LogP contribution in [0.15, 0.2) is 24.4 Å². The number of nitrogens with zero attached hydrogens (tertiary/aromatic N) is 2. The Balaban J connectivity index is 2.01. The molecule has 2 bridgehead atoms. The maximum atomic E-state index is 12.6. The minimum Gasteiger partial charge on any atom is -0.481 e. The number of methoxy groups -OCH3 is 1. The number of aromatic nitrogens is 2. The van der Waals surface area contributed by atoms with Gasteiger partial charge in [0.2, 0.25) is 5.91 Å². The number of fused-ring (bicyclic) bond motifs is 4. The molecule has 0 radical (unpaired) electrons. The van der Waals surface area contributed by atoms with Gasteiger partial charge in [0.1, 0.15) is 18.5 Å². The van der Waals surface area contributed by atoms with Crippen LogP contribution in [0.3, 0.4) is 0 Å². The molecule has 1 unspecified atom stereocenters. The molecule has 0 spiro atoms. The van der Waals surface area contributed by atoms with Gasteiger partial charge >= 0.3 is 12.1 Å². The SMILES string of the molecule is COC(=O)Nc1ccc2c(c1)NC(=O)CCCCC(C(=O)O)c1nc-2cn1COCC[Si](C)(C)C. The zero-order valence-corrected chi connectivity index (χ0v) is 21.7. The number of imidazole rings is 1. The number of anilines is 2. The van der Waals surface area contributed by atoms with Gasteiger partial charge in [-0.15, -0.1) is 0 Å². The number of aliphatic carboxylic acids is 1. The molecule has 10 nitrogen and oxygen atoms in total. The number of amides is 2. The molecule has 1 aliphatic heterocycles. The summed E-state index contributed by atoms with van der Waals surface area (Å²) in [5.74, 6) is -1.53. The predicted octanol–water partition coefficient (Wildman–Crippen LogP) is 4.72. The molecule has 11 heteroatoms.